The quantitative estimate of drug-likeness (QED) is 0.697. The largest absolute Gasteiger partial charge is 0.288 e. The molecule has 2 aliphatic rings. The first-order valence-electron chi connectivity index (χ1n) is 5.07. The standard InChI is InChI=1S/C12H7ClO4S/c13-9-7-8-5-6-10(9)16-17-11-3-1-2-4-12(11)18(8,14)15/h1-7H. The Balaban J connectivity index is 2.36. The van der Waals surface area contributed by atoms with Crippen LogP contribution in [0.3, 0.4) is 0 Å². The summed E-state index contributed by atoms with van der Waals surface area (Å²) in [5.41, 5.74) is 0. The van der Waals surface area contributed by atoms with Gasteiger partial charge >= 0.3 is 0 Å². The zero-order chi connectivity index (χ0) is 12.8. The molecule has 0 aliphatic carbocycles. The highest BCUT2D eigenvalue weighted by Gasteiger charge is 2.26. The molecule has 6 heteroatoms. The van der Waals surface area contributed by atoms with Crippen molar-refractivity contribution in [3.05, 3.63) is 47.5 Å². The van der Waals surface area contributed by atoms with E-state index in [0.29, 0.717) is 0 Å². The zero-order valence-electron chi connectivity index (χ0n) is 8.96. The van der Waals surface area contributed by atoms with Gasteiger partial charge in [0.25, 0.3) is 0 Å². The highest BCUT2D eigenvalue weighted by atomic mass is 35.5. The molecule has 0 fully saturated rings. The molecular formula is C12H7ClO4S. The lowest BCUT2D eigenvalue weighted by atomic mass is 10.3. The van der Waals surface area contributed by atoms with Crippen molar-refractivity contribution in [2.75, 3.05) is 0 Å². The number of benzene rings is 2. The van der Waals surface area contributed by atoms with Gasteiger partial charge in [-0.2, -0.15) is 0 Å². The normalized spacial score (nSPS) is 15.6. The average Bonchev–Trinajstić information content (AvgIpc) is 2.43. The molecule has 0 N–H and O–H groups in total. The van der Waals surface area contributed by atoms with Crippen LogP contribution in [0.1, 0.15) is 0 Å². The monoisotopic (exact) mass is 282 g/mol. The third kappa shape index (κ3) is 1.63. The van der Waals surface area contributed by atoms with Crippen LogP contribution >= 0.6 is 11.6 Å². The minimum absolute atomic E-state index is 0.0496. The molecule has 0 saturated heterocycles. The third-order valence-corrected chi connectivity index (χ3v) is 4.66. The van der Waals surface area contributed by atoms with Gasteiger partial charge in [-0.1, -0.05) is 23.7 Å². The highest BCUT2D eigenvalue weighted by molar-refractivity contribution is 7.91. The first-order valence-corrected chi connectivity index (χ1v) is 6.93. The van der Waals surface area contributed by atoms with Crippen LogP contribution in [0.2, 0.25) is 5.02 Å². The van der Waals surface area contributed by atoms with Gasteiger partial charge < -0.3 is 0 Å². The summed E-state index contributed by atoms with van der Waals surface area (Å²) in [5.74, 6) is 0.406. The zero-order valence-corrected chi connectivity index (χ0v) is 10.5. The molecule has 0 atom stereocenters. The Hall–Kier alpha value is -1.72. The van der Waals surface area contributed by atoms with Crippen LogP contribution < -0.4 is 9.78 Å². The van der Waals surface area contributed by atoms with E-state index in [1.165, 1.54) is 30.3 Å². The maximum Gasteiger partial charge on any atom is 0.210 e. The Morgan fingerprint density at radius 2 is 1.67 bits per heavy atom. The van der Waals surface area contributed by atoms with Crippen molar-refractivity contribution in [1.82, 2.24) is 0 Å². The van der Waals surface area contributed by atoms with E-state index in [4.69, 9.17) is 21.4 Å². The van der Waals surface area contributed by atoms with Crippen molar-refractivity contribution in [2.45, 2.75) is 9.79 Å². The summed E-state index contributed by atoms with van der Waals surface area (Å²) in [4.78, 5) is 10.2. The Labute approximate surface area is 109 Å². The molecule has 2 aromatic rings. The van der Waals surface area contributed by atoms with Crippen LogP contribution in [0, 0.1) is 0 Å². The van der Waals surface area contributed by atoms with Gasteiger partial charge in [-0.3, -0.25) is 9.78 Å². The van der Waals surface area contributed by atoms with Crippen LogP contribution in [0.25, 0.3) is 0 Å². The maximum absolute atomic E-state index is 12.4. The molecular weight excluding hydrogens is 276 g/mol. The summed E-state index contributed by atoms with van der Waals surface area (Å²) in [6, 6.07) is 10.5. The van der Waals surface area contributed by atoms with Crippen LogP contribution in [0.4, 0.5) is 0 Å². The van der Waals surface area contributed by atoms with Crippen LogP contribution in [-0.2, 0) is 9.84 Å². The molecule has 2 aliphatic heterocycles. The van der Waals surface area contributed by atoms with Crippen molar-refractivity contribution >= 4 is 21.4 Å². The first kappa shape index (κ1) is 11.4. The lowest BCUT2D eigenvalue weighted by Gasteiger charge is -2.07. The maximum atomic E-state index is 12.4. The molecule has 18 heavy (non-hydrogen) atoms. The average molecular weight is 283 g/mol. The van der Waals surface area contributed by atoms with E-state index in [1.54, 1.807) is 12.1 Å². The number of rotatable bonds is 0. The van der Waals surface area contributed by atoms with Gasteiger partial charge in [0.1, 0.15) is 4.90 Å². The fraction of sp³-hybridized carbons (Fsp3) is 0. The van der Waals surface area contributed by atoms with Gasteiger partial charge in [0.2, 0.25) is 9.84 Å². The Morgan fingerprint density at radius 1 is 0.944 bits per heavy atom. The molecule has 0 amide bonds. The number of fused-ring (bicyclic) bond motifs is 3. The summed E-state index contributed by atoms with van der Waals surface area (Å²) in [5, 5.41) is 0.184. The van der Waals surface area contributed by atoms with Gasteiger partial charge in [0.15, 0.2) is 11.5 Å². The molecule has 2 aromatic carbocycles. The minimum Gasteiger partial charge on any atom is -0.288 e. The molecule has 4 rings (SSSR count). The van der Waals surface area contributed by atoms with Gasteiger partial charge in [-0.05, 0) is 30.3 Å². The minimum atomic E-state index is -3.66. The summed E-state index contributed by atoms with van der Waals surface area (Å²) < 4.78 is 24.8. The second-order valence-corrected chi connectivity index (χ2v) is 6.03. The third-order valence-electron chi connectivity index (χ3n) is 2.57. The van der Waals surface area contributed by atoms with Gasteiger partial charge in [0, 0.05) is 0 Å². The molecule has 0 unspecified atom stereocenters. The fourth-order valence-corrected chi connectivity index (χ4v) is 3.35. The molecule has 0 saturated carbocycles. The highest BCUT2D eigenvalue weighted by Crippen LogP contribution is 2.36. The van der Waals surface area contributed by atoms with E-state index in [0.717, 1.165) is 0 Å². The van der Waals surface area contributed by atoms with E-state index in [9.17, 15) is 8.42 Å². The fourth-order valence-electron chi connectivity index (χ4n) is 1.67. The summed E-state index contributed by atoms with van der Waals surface area (Å²) in [7, 11) is -3.66. The number of hydrogen-bond donors (Lipinski definition) is 0. The van der Waals surface area contributed by atoms with Crippen LogP contribution in [0.15, 0.2) is 52.3 Å². The Morgan fingerprint density at radius 3 is 2.44 bits per heavy atom. The van der Waals surface area contributed by atoms with E-state index in [2.05, 4.69) is 0 Å². The molecule has 4 nitrogen and oxygen atoms in total. The van der Waals surface area contributed by atoms with Crippen LogP contribution in [0.5, 0.6) is 11.5 Å². The number of sulfone groups is 1. The number of hydrogen-bond acceptors (Lipinski definition) is 4. The Kier molecular flexibility index (Phi) is 2.46. The van der Waals surface area contributed by atoms with Crippen molar-refractivity contribution in [3.63, 3.8) is 0 Å². The lowest BCUT2D eigenvalue weighted by molar-refractivity contribution is -0.102. The second kappa shape index (κ2) is 3.90. The second-order valence-electron chi connectivity index (χ2n) is 3.71. The topological polar surface area (TPSA) is 52.6 Å². The predicted molar refractivity (Wildman–Crippen MR) is 64.6 cm³/mol. The molecule has 2 bridgehead atoms. The summed E-state index contributed by atoms with van der Waals surface area (Å²) >= 11 is 5.92. The summed E-state index contributed by atoms with van der Waals surface area (Å²) in [6.45, 7) is 0. The molecule has 2 heterocycles. The van der Waals surface area contributed by atoms with Crippen molar-refractivity contribution < 1.29 is 18.2 Å². The number of halogens is 1. The summed E-state index contributed by atoms with van der Waals surface area (Å²) in [6.07, 6.45) is 0. The van der Waals surface area contributed by atoms with E-state index in [-0.39, 0.29) is 26.3 Å². The predicted octanol–water partition coefficient (Wildman–Crippen LogP) is 2.86. The number of para-hydroxylation sites is 1. The molecule has 0 radical (unpaired) electrons. The first-order chi connectivity index (χ1) is 8.59. The Bertz CT molecular complexity index is 725. The molecule has 0 aromatic heterocycles. The van der Waals surface area contributed by atoms with Crippen molar-refractivity contribution in [1.29, 1.82) is 0 Å². The van der Waals surface area contributed by atoms with E-state index >= 15 is 0 Å². The SMILES string of the molecule is O=S1(=O)c2ccc(c(Cl)c2)OOc2ccccc21. The van der Waals surface area contributed by atoms with E-state index < -0.39 is 9.84 Å². The van der Waals surface area contributed by atoms with Gasteiger partial charge in [-0.25, -0.2) is 8.42 Å². The van der Waals surface area contributed by atoms with Crippen LogP contribution in [-0.4, -0.2) is 8.42 Å². The van der Waals surface area contributed by atoms with E-state index in [1.807, 2.05) is 0 Å². The lowest BCUT2D eigenvalue weighted by Crippen LogP contribution is -2.05. The molecule has 92 valence electrons. The van der Waals surface area contributed by atoms with Crippen molar-refractivity contribution in [2.24, 2.45) is 0 Å². The van der Waals surface area contributed by atoms with Gasteiger partial charge in [-0.15, -0.1) is 0 Å². The van der Waals surface area contributed by atoms with Crippen molar-refractivity contribution in [3.8, 4) is 11.5 Å². The molecule has 0 spiro atoms. The smallest absolute Gasteiger partial charge is 0.210 e. The van der Waals surface area contributed by atoms with Gasteiger partial charge in [0.05, 0.1) is 9.92 Å².